The Bertz CT molecular complexity index is 617. The van der Waals surface area contributed by atoms with Crippen LogP contribution in [-0.2, 0) is 13.0 Å². The van der Waals surface area contributed by atoms with E-state index in [9.17, 15) is 9.59 Å². The van der Waals surface area contributed by atoms with Gasteiger partial charge in [0, 0.05) is 19.1 Å². The number of carbonyl (C=O) groups is 2. The normalized spacial score (nSPS) is 17.3. The summed E-state index contributed by atoms with van der Waals surface area (Å²) in [5, 5.41) is 6.07. The maximum Gasteiger partial charge on any atom is 0.287 e. The molecule has 1 fully saturated rings. The van der Waals surface area contributed by atoms with Gasteiger partial charge in [-0.1, -0.05) is 32.6 Å². The van der Waals surface area contributed by atoms with Crippen molar-refractivity contribution in [1.29, 1.82) is 0 Å². The van der Waals surface area contributed by atoms with Crippen LogP contribution in [0.3, 0.4) is 0 Å². The van der Waals surface area contributed by atoms with E-state index in [1.165, 1.54) is 12.8 Å². The second kappa shape index (κ2) is 8.50. The number of unbranched alkanes of at least 4 members (excludes halogenated alkanes) is 2. The van der Waals surface area contributed by atoms with Gasteiger partial charge in [-0.2, -0.15) is 0 Å². The summed E-state index contributed by atoms with van der Waals surface area (Å²) in [5.41, 5.74) is 1.38. The van der Waals surface area contributed by atoms with Gasteiger partial charge in [-0.3, -0.25) is 9.59 Å². The van der Waals surface area contributed by atoms with E-state index in [0.717, 1.165) is 63.6 Å². The summed E-state index contributed by atoms with van der Waals surface area (Å²) in [6.07, 6.45) is 10.6. The molecule has 1 aliphatic heterocycles. The van der Waals surface area contributed by atoms with E-state index in [2.05, 4.69) is 22.5 Å². The molecule has 0 radical (unpaired) electrons. The van der Waals surface area contributed by atoms with Gasteiger partial charge >= 0.3 is 0 Å². The van der Waals surface area contributed by atoms with Crippen molar-refractivity contribution >= 4 is 11.8 Å². The fourth-order valence-electron chi connectivity index (χ4n) is 3.88. The predicted octanol–water partition coefficient (Wildman–Crippen LogP) is 2.81. The molecular weight excluding hydrogens is 316 g/mol. The zero-order chi connectivity index (χ0) is 17.6. The molecule has 2 N–H and O–H groups in total. The van der Waals surface area contributed by atoms with Crippen molar-refractivity contribution in [2.75, 3.05) is 6.54 Å². The van der Waals surface area contributed by atoms with E-state index >= 15 is 0 Å². The lowest BCUT2D eigenvalue weighted by Crippen LogP contribution is -2.35. The SMILES string of the molecule is CCCCCNC(=O)c1nc(C(=O)NC2CCCC2)n2c1CCCC2. The van der Waals surface area contributed by atoms with Gasteiger partial charge in [0.25, 0.3) is 11.8 Å². The average molecular weight is 346 g/mol. The summed E-state index contributed by atoms with van der Waals surface area (Å²) in [6.45, 7) is 3.59. The number of rotatable bonds is 7. The molecule has 138 valence electrons. The zero-order valence-electron chi connectivity index (χ0n) is 15.3. The molecule has 0 bridgehead atoms. The van der Waals surface area contributed by atoms with Crippen molar-refractivity contribution < 1.29 is 9.59 Å². The van der Waals surface area contributed by atoms with Crippen LogP contribution in [0.1, 0.15) is 91.5 Å². The molecule has 0 spiro atoms. The lowest BCUT2D eigenvalue weighted by Gasteiger charge is -2.18. The Labute approximate surface area is 149 Å². The molecule has 25 heavy (non-hydrogen) atoms. The third kappa shape index (κ3) is 4.22. The van der Waals surface area contributed by atoms with Crippen LogP contribution in [0.15, 0.2) is 0 Å². The quantitative estimate of drug-likeness (QED) is 0.746. The molecule has 2 amide bonds. The first-order valence-corrected chi connectivity index (χ1v) is 9.89. The van der Waals surface area contributed by atoms with Crippen molar-refractivity contribution in [3.8, 4) is 0 Å². The van der Waals surface area contributed by atoms with E-state index < -0.39 is 0 Å². The topological polar surface area (TPSA) is 76.0 Å². The molecular formula is C19H30N4O2. The van der Waals surface area contributed by atoms with Crippen molar-refractivity contribution in [2.45, 2.75) is 83.7 Å². The number of carbonyl (C=O) groups excluding carboxylic acids is 2. The Kier molecular flexibility index (Phi) is 6.10. The minimum atomic E-state index is -0.137. The number of fused-ring (bicyclic) bond motifs is 1. The standard InChI is InChI=1S/C19H30N4O2/c1-2-3-7-12-20-18(24)16-15-11-6-8-13-23(15)17(22-16)19(25)21-14-9-4-5-10-14/h14H,2-13H2,1H3,(H,20,24)(H,21,25). The van der Waals surface area contributed by atoms with Crippen LogP contribution in [0.25, 0.3) is 0 Å². The van der Waals surface area contributed by atoms with Gasteiger partial charge in [0.1, 0.15) is 5.69 Å². The minimum absolute atomic E-state index is 0.125. The van der Waals surface area contributed by atoms with Crippen LogP contribution in [0.4, 0.5) is 0 Å². The second-order valence-electron chi connectivity index (χ2n) is 7.26. The molecule has 1 aromatic rings. The van der Waals surface area contributed by atoms with Gasteiger partial charge in [0.2, 0.25) is 0 Å². The zero-order valence-corrected chi connectivity index (χ0v) is 15.3. The average Bonchev–Trinajstić information content (AvgIpc) is 3.26. The van der Waals surface area contributed by atoms with Crippen molar-refractivity contribution in [3.05, 3.63) is 17.2 Å². The Morgan fingerprint density at radius 1 is 1.12 bits per heavy atom. The smallest absolute Gasteiger partial charge is 0.287 e. The first-order chi connectivity index (χ1) is 12.2. The van der Waals surface area contributed by atoms with E-state index in [4.69, 9.17) is 0 Å². The third-order valence-corrected chi connectivity index (χ3v) is 5.29. The molecule has 1 aliphatic carbocycles. The van der Waals surface area contributed by atoms with Gasteiger partial charge in [0.15, 0.2) is 5.82 Å². The number of hydrogen-bond acceptors (Lipinski definition) is 3. The summed E-state index contributed by atoms with van der Waals surface area (Å²) in [7, 11) is 0. The van der Waals surface area contributed by atoms with Gasteiger partial charge in [-0.15, -0.1) is 0 Å². The molecule has 0 saturated heterocycles. The molecule has 0 unspecified atom stereocenters. The highest BCUT2D eigenvalue weighted by molar-refractivity contribution is 5.97. The molecule has 1 saturated carbocycles. The number of nitrogens with one attached hydrogen (secondary N) is 2. The number of hydrogen-bond donors (Lipinski definition) is 2. The fraction of sp³-hybridized carbons (Fsp3) is 0.737. The fourth-order valence-corrected chi connectivity index (χ4v) is 3.88. The van der Waals surface area contributed by atoms with Crippen molar-refractivity contribution in [1.82, 2.24) is 20.2 Å². The van der Waals surface area contributed by atoms with Crippen LogP contribution >= 0.6 is 0 Å². The van der Waals surface area contributed by atoms with E-state index in [0.29, 0.717) is 18.1 Å². The Morgan fingerprint density at radius 2 is 1.92 bits per heavy atom. The number of aromatic nitrogens is 2. The molecule has 6 nitrogen and oxygen atoms in total. The Balaban J connectivity index is 1.73. The molecule has 2 heterocycles. The molecule has 6 heteroatoms. The monoisotopic (exact) mass is 346 g/mol. The molecule has 1 aromatic heterocycles. The lowest BCUT2D eigenvalue weighted by atomic mass is 10.1. The highest BCUT2D eigenvalue weighted by atomic mass is 16.2. The largest absolute Gasteiger partial charge is 0.351 e. The summed E-state index contributed by atoms with van der Waals surface area (Å²) in [4.78, 5) is 29.7. The lowest BCUT2D eigenvalue weighted by molar-refractivity contribution is 0.0921. The summed E-state index contributed by atoms with van der Waals surface area (Å²) in [6, 6.07) is 0.260. The van der Waals surface area contributed by atoms with Crippen LogP contribution in [0, 0.1) is 0 Å². The molecule has 3 rings (SSSR count). The maximum absolute atomic E-state index is 12.7. The predicted molar refractivity (Wildman–Crippen MR) is 96.7 cm³/mol. The Hall–Kier alpha value is -1.85. The van der Waals surface area contributed by atoms with Gasteiger partial charge in [0.05, 0.1) is 5.69 Å². The summed E-state index contributed by atoms with van der Waals surface area (Å²) >= 11 is 0. The van der Waals surface area contributed by atoms with Crippen LogP contribution in [0.2, 0.25) is 0 Å². The van der Waals surface area contributed by atoms with Crippen LogP contribution in [-0.4, -0.2) is 34.0 Å². The first-order valence-electron chi connectivity index (χ1n) is 9.89. The van der Waals surface area contributed by atoms with E-state index in [-0.39, 0.29) is 17.9 Å². The van der Waals surface area contributed by atoms with Gasteiger partial charge in [-0.05, 0) is 38.5 Å². The van der Waals surface area contributed by atoms with Gasteiger partial charge < -0.3 is 15.2 Å². The number of nitrogens with zero attached hydrogens (tertiary/aromatic N) is 2. The minimum Gasteiger partial charge on any atom is -0.351 e. The molecule has 0 aromatic carbocycles. The van der Waals surface area contributed by atoms with E-state index in [1.54, 1.807) is 0 Å². The summed E-state index contributed by atoms with van der Waals surface area (Å²) < 4.78 is 1.97. The van der Waals surface area contributed by atoms with E-state index in [1.807, 2.05) is 4.57 Å². The molecule has 2 aliphatic rings. The number of amides is 2. The van der Waals surface area contributed by atoms with Crippen LogP contribution < -0.4 is 10.6 Å². The first kappa shape index (κ1) is 18.0. The number of imidazole rings is 1. The van der Waals surface area contributed by atoms with Crippen molar-refractivity contribution in [3.63, 3.8) is 0 Å². The third-order valence-electron chi connectivity index (χ3n) is 5.29. The second-order valence-corrected chi connectivity index (χ2v) is 7.26. The van der Waals surface area contributed by atoms with Crippen LogP contribution in [0.5, 0.6) is 0 Å². The summed E-state index contributed by atoms with van der Waals surface area (Å²) in [5.74, 6) is 0.155. The van der Waals surface area contributed by atoms with Gasteiger partial charge in [-0.25, -0.2) is 4.98 Å². The Morgan fingerprint density at radius 3 is 2.68 bits per heavy atom. The highest BCUT2D eigenvalue weighted by Crippen LogP contribution is 2.22. The maximum atomic E-state index is 12.7. The van der Waals surface area contributed by atoms with Crippen molar-refractivity contribution in [2.24, 2.45) is 0 Å². The molecule has 0 atom stereocenters. The highest BCUT2D eigenvalue weighted by Gasteiger charge is 2.28.